The van der Waals surface area contributed by atoms with Crippen molar-refractivity contribution in [2.24, 2.45) is 0 Å². The first kappa shape index (κ1) is 27.8. The summed E-state index contributed by atoms with van der Waals surface area (Å²) in [5.74, 6) is 0.594. The van der Waals surface area contributed by atoms with Gasteiger partial charge in [0, 0.05) is 36.9 Å². The monoisotopic (exact) mass is 565 g/mol. The van der Waals surface area contributed by atoms with Crippen LogP contribution in [0.3, 0.4) is 0 Å². The number of nitrogens with one attached hydrogen (secondary N) is 2. The van der Waals surface area contributed by atoms with Crippen molar-refractivity contribution in [3.05, 3.63) is 70.4 Å². The maximum absolute atomic E-state index is 13.2. The predicted octanol–water partition coefficient (Wildman–Crippen LogP) is 3.07. The number of rotatable bonds is 10. The summed E-state index contributed by atoms with van der Waals surface area (Å²) in [5.41, 5.74) is 3.47. The van der Waals surface area contributed by atoms with Gasteiger partial charge < -0.3 is 30.1 Å². The van der Waals surface area contributed by atoms with Crippen LogP contribution in [0.2, 0.25) is 5.02 Å². The van der Waals surface area contributed by atoms with Crippen molar-refractivity contribution in [3.63, 3.8) is 0 Å². The summed E-state index contributed by atoms with van der Waals surface area (Å²) in [4.78, 5) is 36.5. The van der Waals surface area contributed by atoms with Crippen LogP contribution in [0.5, 0.6) is 5.75 Å². The number of hydrogen-bond acceptors (Lipinski definition) is 8. The van der Waals surface area contributed by atoms with Crippen LogP contribution in [0.25, 0.3) is 11.3 Å². The number of nitrogens with zero attached hydrogens (tertiary/aromatic N) is 3. The number of carbonyl (C=O) groups excluding carboxylic acids is 2. The van der Waals surface area contributed by atoms with E-state index < -0.39 is 6.04 Å². The van der Waals surface area contributed by atoms with E-state index in [9.17, 15) is 14.7 Å². The number of aromatic nitrogens is 2. The van der Waals surface area contributed by atoms with Crippen LogP contribution < -0.4 is 15.4 Å². The van der Waals surface area contributed by atoms with Gasteiger partial charge >= 0.3 is 0 Å². The zero-order valence-electron chi connectivity index (χ0n) is 22.2. The standard InChI is InChI=1S/C29H32ClN5O5/c1-39-23-4-2-3-18(12-23)11-22(17-36)32-26(37)16-35-15-20-6-5-19(13-24(20)28(35)38)27-25(30)14-31-29(34-27)33-21-7-9-40-10-8-21/h2-6,12-14,21-22,36H,7-11,15-17H2,1H3,(H,32,37)(H,31,33,34)/t22-/m0/s1. The molecule has 1 saturated heterocycles. The summed E-state index contributed by atoms with van der Waals surface area (Å²) in [5, 5.41) is 16.4. The van der Waals surface area contributed by atoms with Crippen molar-refractivity contribution in [1.82, 2.24) is 20.2 Å². The summed E-state index contributed by atoms with van der Waals surface area (Å²) in [7, 11) is 1.59. The summed E-state index contributed by atoms with van der Waals surface area (Å²) >= 11 is 6.45. The molecule has 0 radical (unpaired) electrons. The van der Waals surface area contributed by atoms with Gasteiger partial charge in [0.15, 0.2) is 0 Å². The Kier molecular flexibility index (Phi) is 8.78. The Bertz CT molecular complexity index is 1380. The molecule has 2 aliphatic rings. The lowest BCUT2D eigenvalue weighted by molar-refractivity contribution is -0.122. The molecule has 0 unspecified atom stereocenters. The molecule has 2 aliphatic heterocycles. The van der Waals surface area contributed by atoms with Crippen molar-refractivity contribution in [1.29, 1.82) is 0 Å². The molecule has 1 atom stereocenters. The molecule has 3 aromatic rings. The molecule has 1 fully saturated rings. The Morgan fingerprint density at radius 2 is 2.08 bits per heavy atom. The van der Waals surface area contributed by atoms with Gasteiger partial charge in [-0.05, 0) is 48.6 Å². The van der Waals surface area contributed by atoms with Crippen molar-refractivity contribution in [2.75, 3.05) is 38.8 Å². The number of methoxy groups -OCH3 is 1. The molecule has 0 bridgehead atoms. The highest BCUT2D eigenvalue weighted by Crippen LogP contribution is 2.31. The number of amides is 2. The summed E-state index contributed by atoms with van der Waals surface area (Å²) in [6.45, 7) is 1.36. The fourth-order valence-electron chi connectivity index (χ4n) is 4.99. The zero-order chi connectivity index (χ0) is 28.1. The molecule has 1 aromatic heterocycles. The first-order valence-electron chi connectivity index (χ1n) is 13.3. The second-order valence-electron chi connectivity index (χ2n) is 9.96. The second-order valence-corrected chi connectivity index (χ2v) is 10.4. The molecular formula is C29H32ClN5O5. The highest BCUT2D eigenvalue weighted by molar-refractivity contribution is 6.33. The molecule has 2 amide bonds. The zero-order valence-corrected chi connectivity index (χ0v) is 23.0. The van der Waals surface area contributed by atoms with E-state index in [1.54, 1.807) is 19.4 Å². The Morgan fingerprint density at radius 1 is 1.25 bits per heavy atom. The normalized spacial score (nSPS) is 16.0. The van der Waals surface area contributed by atoms with E-state index in [0.717, 1.165) is 24.0 Å². The maximum atomic E-state index is 13.2. The number of anilines is 1. The third kappa shape index (κ3) is 6.52. The number of fused-ring (bicyclic) bond motifs is 1. The molecule has 210 valence electrons. The molecule has 11 heteroatoms. The van der Waals surface area contributed by atoms with Crippen molar-refractivity contribution in [3.8, 4) is 17.0 Å². The minimum atomic E-state index is -0.491. The SMILES string of the molecule is COc1cccc(C[C@@H](CO)NC(=O)CN2Cc3ccc(-c4nc(NC5CCOCC5)ncc4Cl)cc3C2=O)c1. The van der Waals surface area contributed by atoms with Crippen molar-refractivity contribution in [2.45, 2.75) is 37.9 Å². The van der Waals surface area contributed by atoms with E-state index in [1.165, 1.54) is 4.90 Å². The van der Waals surface area contributed by atoms with E-state index in [4.69, 9.17) is 21.1 Å². The highest BCUT2D eigenvalue weighted by atomic mass is 35.5. The van der Waals surface area contributed by atoms with Gasteiger partial charge in [0.25, 0.3) is 5.91 Å². The van der Waals surface area contributed by atoms with E-state index in [0.29, 0.717) is 59.7 Å². The molecule has 5 rings (SSSR count). The lowest BCUT2D eigenvalue weighted by Crippen LogP contribution is -2.44. The summed E-state index contributed by atoms with van der Waals surface area (Å²) in [6.07, 6.45) is 3.73. The van der Waals surface area contributed by atoms with Crippen LogP contribution in [0.1, 0.15) is 34.3 Å². The van der Waals surface area contributed by atoms with Gasteiger partial charge in [-0.1, -0.05) is 35.9 Å². The predicted molar refractivity (Wildman–Crippen MR) is 150 cm³/mol. The van der Waals surface area contributed by atoms with Gasteiger partial charge in [-0.3, -0.25) is 9.59 Å². The average Bonchev–Trinajstić information content (AvgIpc) is 3.28. The molecule has 2 aromatic carbocycles. The van der Waals surface area contributed by atoms with Gasteiger partial charge in [0.1, 0.15) is 12.3 Å². The molecule has 0 aliphatic carbocycles. The molecule has 10 nitrogen and oxygen atoms in total. The third-order valence-corrected chi connectivity index (χ3v) is 7.37. The summed E-state index contributed by atoms with van der Waals surface area (Å²) in [6, 6.07) is 12.7. The second kappa shape index (κ2) is 12.6. The Morgan fingerprint density at radius 3 is 2.85 bits per heavy atom. The molecule has 40 heavy (non-hydrogen) atoms. The van der Waals surface area contributed by atoms with E-state index >= 15 is 0 Å². The van der Waals surface area contributed by atoms with Gasteiger partial charge in [-0.15, -0.1) is 0 Å². The van der Waals surface area contributed by atoms with Gasteiger partial charge in [0.05, 0.1) is 36.7 Å². The van der Waals surface area contributed by atoms with Crippen LogP contribution in [0.4, 0.5) is 5.95 Å². The van der Waals surface area contributed by atoms with E-state index in [-0.39, 0.29) is 31.0 Å². The Hall–Kier alpha value is -3.73. The number of carbonyl (C=O) groups is 2. The van der Waals surface area contributed by atoms with Crippen molar-refractivity contribution < 1.29 is 24.2 Å². The number of aliphatic hydroxyl groups excluding tert-OH is 1. The Balaban J connectivity index is 1.23. The van der Waals surface area contributed by atoms with Crippen LogP contribution >= 0.6 is 11.6 Å². The van der Waals surface area contributed by atoms with E-state index in [2.05, 4.69) is 20.6 Å². The lowest BCUT2D eigenvalue weighted by atomic mass is 10.0. The molecule has 0 saturated carbocycles. The molecular weight excluding hydrogens is 534 g/mol. The fraction of sp³-hybridized carbons (Fsp3) is 0.379. The lowest BCUT2D eigenvalue weighted by Gasteiger charge is -2.23. The molecule has 0 spiro atoms. The van der Waals surface area contributed by atoms with Gasteiger partial charge in [-0.25, -0.2) is 9.97 Å². The number of hydrogen-bond donors (Lipinski definition) is 3. The topological polar surface area (TPSA) is 126 Å². The number of halogens is 1. The third-order valence-electron chi connectivity index (χ3n) is 7.10. The van der Waals surface area contributed by atoms with Gasteiger partial charge in [-0.2, -0.15) is 0 Å². The molecule has 3 N–H and O–H groups in total. The number of ether oxygens (including phenoxy) is 2. The molecule has 3 heterocycles. The van der Waals surface area contributed by atoms with Crippen LogP contribution in [-0.4, -0.2) is 77.3 Å². The minimum absolute atomic E-state index is 0.120. The van der Waals surface area contributed by atoms with Crippen LogP contribution in [-0.2, 0) is 22.5 Å². The number of benzene rings is 2. The van der Waals surface area contributed by atoms with Gasteiger partial charge in [0.2, 0.25) is 11.9 Å². The highest BCUT2D eigenvalue weighted by Gasteiger charge is 2.30. The van der Waals surface area contributed by atoms with Crippen LogP contribution in [0.15, 0.2) is 48.7 Å². The Labute approximate surface area is 237 Å². The quantitative estimate of drug-likeness (QED) is 0.342. The number of aliphatic hydroxyl groups is 1. The van der Waals surface area contributed by atoms with E-state index in [1.807, 2.05) is 36.4 Å². The summed E-state index contributed by atoms with van der Waals surface area (Å²) < 4.78 is 10.7. The van der Waals surface area contributed by atoms with Crippen LogP contribution in [0, 0.1) is 0 Å². The fourth-order valence-corrected chi connectivity index (χ4v) is 5.19. The minimum Gasteiger partial charge on any atom is -0.497 e. The largest absolute Gasteiger partial charge is 0.497 e. The average molecular weight is 566 g/mol. The first-order valence-corrected chi connectivity index (χ1v) is 13.6. The maximum Gasteiger partial charge on any atom is 0.254 e. The first-order chi connectivity index (χ1) is 19.4. The smallest absolute Gasteiger partial charge is 0.254 e. The van der Waals surface area contributed by atoms with Crippen molar-refractivity contribution >= 4 is 29.4 Å².